The smallest absolute Gasteiger partial charge is 0.248 e. The molecule has 3 rings (SSSR count). The Morgan fingerprint density at radius 1 is 1.23 bits per heavy atom. The highest BCUT2D eigenvalue weighted by atomic mass is 35.5. The molecule has 0 aliphatic heterocycles. The summed E-state index contributed by atoms with van der Waals surface area (Å²) in [6.45, 7) is 1.80. The van der Waals surface area contributed by atoms with Crippen LogP contribution in [0.2, 0.25) is 5.02 Å². The molecule has 0 aliphatic rings. The molecule has 0 radical (unpaired) electrons. The standard InChI is InChI=1S/C20H16ClFN2O2/c1-12-10-13(23)11-16(21)20(12)24-19(25)9-7-14-6-8-18(26-14)15-4-2-3-5-17(15)22/h2-11H,23H2,1H3,(H,24,25)/b9-7+. The molecule has 1 amide bonds. The molecule has 26 heavy (non-hydrogen) atoms. The Hall–Kier alpha value is -3.05. The maximum atomic E-state index is 13.8. The maximum Gasteiger partial charge on any atom is 0.248 e. The molecule has 0 atom stereocenters. The van der Waals surface area contributed by atoms with Gasteiger partial charge in [0, 0.05) is 11.8 Å². The Labute approximate surface area is 155 Å². The van der Waals surface area contributed by atoms with Crippen molar-refractivity contribution in [3.05, 3.63) is 76.8 Å². The molecule has 132 valence electrons. The number of hydrogen-bond acceptors (Lipinski definition) is 3. The molecule has 0 saturated heterocycles. The second kappa shape index (κ2) is 7.45. The maximum absolute atomic E-state index is 13.8. The van der Waals surface area contributed by atoms with Crippen molar-refractivity contribution in [2.45, 2.75) is 6.92 Å². The van der Waals surface area contributed by atoms with E-state index in [9.17, 15) is 9.18 Å². The van der Waals surface area contributed by atoms with E-state index in [1.165, 1.54) is 18.2 Å². The lowest BCUT2D eigenvalue weighted by molar-refractivity contribution is -0.111. The molecule has 1 heterocycles. The van der Waals surface area contributed by atoms with E-state index in [0.717, 1.165) is 5.56 Å². The van der Waals surface area contributed by atoms with E-state index < -0.39 is 0 Å². The molecule has 0 spiro atoms. The number of carbonyl (C=O) groups excluding carboxylic acids is 1. The number of carbonyl (C=O) groups is 1. The van der Waals surface area contributed by atoms with E-state index in [4.69, 9.17) is 21.8 Å². The normalized spacial score (nSPS) is 11.0. The number of nitrogens with one attached hydrogen (secondary N) is 1. The summed E-state index contributed by atoms with van der Waals surface area (Å²) in [6.07, 6.45) is 2.82. The summed E-state index contributed by atoms with van der Waals surface area (Å²) < 4.78 is 19.3. The molecule has 0 saturated carbocycles. The van der Waals surface area contributed by atoms with E-state index in [2.05, 4.69) is 5.32 Å². The van der Waals surface area contributed by atoms with Crippen molar-refractivity contribution in [1.29, 1.82) is 0 Å². The number of anilines is 2. The number of hydrogen-bond donors (Lipinski definition) is 2. The Morgan fingerprint density at radius 2 is 2.00 bits per heavy atom. The van der Waals surface area contributed by atoms with Gasteiger partial charge in [0.1, 0.15) is 17.3 Å². The summed E-state index contributed by atoms with van der Waals surface area (Å²) in [5.41, 5.74) is 7.85. The van der Waals surface area contributed by atoms with E-state index in [0.29, 0.717) is 33.5 Å². The molecule has 1 aromatic heterocycles. The Balaban J connectivity index is 1.73. The third-order valence-corrected chi connectivity index (χ3v) is 4.02. The number of rotatable bonds is 4. The molecule has 0 bridgehead atoms. The van der Waals surface area contributed by atoms with Gasteiger partial charge >= 0.3 is 0 Å². The summed E-state index contributed by atoms with van der Waals surface area (Å²) in [6, 6.07) is 12.9. The van der Waals surface area contributed by atoms with Crippen molar-refractivity contribution in [2.75, 3.05) is 11.1 Å². The van der Waals surface area contributed by atoms with Crippen LogP contribution >= 0.6 is 11.6 Å². The molecule has 0 unspecified atom stereocenters. The number of furan rings is 1. The van der Waals surface area contributed by atoms with Gasteiger partial charge in [-0.05, 0) is 55.0 Å². The number of halogens is 2. The predicted octanol–water partition coefficient (Wildman–Crippen LogP) is 5.28. The average molecular weight is 371 g/mol. The lowest BCUT2D eigenvalue weighted by Crippen LogP contribution is -2.09. The summed E-state index contributed by atoms with van der Waals surface area (Å²) >= 11 is 6.11. The summed E-state index contributed by atoms with van der Waals surface area (Å²) in [5, 5.41) is 3.07. The van der Waals surface area contributed by atoms with Crippen LogP contribution in [0.5, 0.6) is 0 Å². The zero-order valence-electron chi connectivity index (χ0n) is 13.9. The predicted molar refractivity (Wildman–Crippen MR) is 102 cm³/mol. The van der Waals surface area contributed by atoms with Gasteiger partial charge < -0.3 is 15.5 Å². The van der Waals surface area contributed by atoms with E-state index in [-0.39, 0.29) is 11.7 Å². The topological polar surface area (TPSA) is 68.3 Å². The van der Waals surface area contributed by atoms with Crippen molar-refractivity contribution in [3.8, 4) is 11.3 Å². The lowest BCUT2D eigenvalue weighted by Gasteiger charge is -2.09. The van der Waals surface area contributed by atoms with Gasteiger partial charge in [0.25, 0.3) is 0 Å². The second-order valence-corrected chi connectivity index (χ2v) is 6.11. The SMILES string of the molecule is Cc1cc(N)cc(Cl)c1NC(=O)/C=C/c1ccc(-c2ccccc2F)o1. The highest BCUT2D eigenvalue weighted by molar-refractivity contribution is 6.34. The Kier molecular flexibility index (Phi) is 5.09. The summed E-state index contributed by atoms with van der Waals surface area (Å²) in [7, 11) is 0. The first-order valence-electron chi connectivity index (χ1n) is 7.83. The average Bonchev–Trinajstić information content (AvgIpc) is 3.05. The van der Waals surface area contributed by atoms with Crippen LogP contribution in [0.15, 0.2) is 59.0 Å². The van der Waals surface area contributed by atoms with Crippen LogP contribution in [0, 0.1) is 12.7 Å². The zero-order valence-corrected chi connectivity index (χ0v) is 14.7. The van der Waals surface area contributed by atoms with Crippen LogP contribution in [0.3, 0.4) is 0 Å². The number of amides is 1. The quantitative estimate of drug-likeness (QED) is 0.485. The second-order valence-electron chi connectivity index (χ2n) is 5.70. The number of benzene rings is 2. The third kappa shape index (κ3) is 3.95. The van der Waals surface area contributed by atoms with Gasteiger partial charge in [-0.3, -0.25) is 4.79 Å². The molecule has 0 aliphatic carbocycles. The highest BCUT2D eigenvalue weighted by Crippen LogP contribution is 2.29. The fraction of sp³-hybridized carbons (Fsp3) is 0.0500. The minimum absolute atomic E-state index is 0.362. The molecule has 4 nitrogen and oxygen atoms in total. The van der Waals surface area contributed by atoms with Gasteiger partial charge in [-0.2, -0.15) is 0 Å². The molecule has 3 aromatic rings. The van der Waals surface area contributed by atoms with Crippen molar-refractivity contribution in [3.63, 3.8) is 0 Å². The Morgan fingerprint density at radius 3 is 2.73 bits per heavy atom. The number of nitrogen functional groups attached to an aromatic ring is 1. The van der Waals surface area contributed by atoms with Gasteiger partial charge in [0.15, 0.2) is 0 Å². The Bertz CT molecular complexity index is 972. The van der Waals surface area contributed by atoms with Crippen molar-refractivity contribution in [2.24, 2.45) is 0 Å². The fourth-order valence-electron chi connectivity index (χ4n) is 2.50. The van der Waals surface area contributed by atoms with Crippen LogP contribution in [0.1, 0.15) is 11.3 Å². The third-order valence-electron chi connectivity index (χ3n) is 3.72. The molecule has 0 fully saturated rings. The van der Waals surface area contributed by atoms with Crippen LogP contribution in [0.4, 0.5) is 15.8 Å². The molecule has 3 N–H and O–H groups in total. The molecule has 2 aromatic carbocycles. The fourth-order valence-corrected chi connectivity index (χ4v) is 2.82. The summed E-state index contributed by atoms with van der Waals surface area (Å²) in [5.74, 6) is 0.0753. The summed E-state index contributed by atoms with van der Waals surface area (Å²) in [4.78, 5) is 12.1. The van der Waals surface area contributed by atoms with Gasteiger partial charge in [-0.1, -0.05) is 23.7 Å². The van der Waals surface area contributed by atoms with Crippen LogP contribution in [0.25, 0.3) is 17.4 Å². The number of aryl methyl sites for hydroxylation is 1. The molecular weight excluding hydrogens is 355 g/mol. The van der Waals surface area contributed by atoms with Crippen LogP contribution < -0.4 is 11.1 Å². The first-order valence-corrected chi connectivity index (χ1v) is 8.21. The van der Waals surface area contributed by atoms with Gasteiger partial charge in [0.05, 0.1) is 16.3 Å². The molecular formula is C20H16ClFN2O2. The highest BCUT2D eigenvalue weighted by Gasteiger charge is 2.10. The molecule has 6 heteroatoms. The minimum Gasteiger partial charge on any atom is -0.457 e. The first-order chi connectivity index (χ1) is 12.4. The zero-order chi connectivity index (χ0) is 18.7. The minimum atomic E-state index is -0.372. The van der Waals surface area contributed by atoms with Crippen molar-refractivity contribution < 1.29 is 13.6 Å². The van der Waals surface area contributed by atoms with E-state index >= 15 is 0 Å². The van der Waals surface area contributed by atoms with Crippen molar-refractivity contribution >= 4 is 35.0 Å². The van der Waals surface area contributed by atoms with Gasteiger partial charge in [-0.15, -0.1) is 0 Å². The largest absolute Gasteiger partial charge is 0.457 e. The number of nitrogens with two attached hydrogens (primary N) is 1. The first kappa shape index (κ1) is 17.8. The monoisotopic (exact) mass is 370 g/mol. The van der Waals surface area contributed by atoms with Crippen LogP contribution in [-0.4, -0.2) is 5.91 Å². The van der Waals surface area contributed by atoms with E-state index in [1.54, 1.807) is 49.4 Å². The van der Waals surface area contributed by atoms with Gasteiger partial charge in [-0.25, -0.2) is 4.39 Å². The lowest BCUT2D eigenvalue weighted by atomic mass is 10.1. The van der Waals surface area contributed by atoms with Gasteiger partial charge in [0.2, 0.25) is 5.91 Å². The van der Waals surface area contributed by atoms with E-state index in [1.807, 2.05) is 0 Å². The van der Waals surface area contributed by atoms with Crippen molar-refractivity contribution in [1.82, 2.24) is 0 Å². The van der Waals surface area contributed by atoms with Crippen LogP contribution in [-0.2, 0) is 4.79 Å².